The SMILES string of the molecule is CNCCOC12CC3(Cn4ncc(-c5ccc(N6CCCc7c6nnc(Nc6nc8ccccc8s6)c7C)nc5CO)c4C)C[C@@](C)(C1)C[C@](C)(C3)C2. The predicted octanol–water partition coefficient (Wildman–Crippen LogP) is 7.64. The molecule has 2 unspecified atom stereocenters. The normalized spacial score (nSPS) is 27.5. The van der Waals surface area contributed by atoms with Crippen molar-refractivity contribution in [3.63, 3.8) is 0 Å². The number of aliphatic hydroxyl groups excluding tert-OH is 1. The predicted molar refractivity (Wildman–Crippen MR) is 210 cm³/mol. The quantitative estimate of drug-likeness (QED) is 0.117. The monoisotopic (exact) mass is 733 g/mol. The number of rotatable bonds is 11. The number of fused-ring (bicyclic) bond motifs is 2. The number of anilines is 4. The van der Waals surface area contributed by atoms with Gasteiger partial charge in [0.1, 0.15) is 5.82 Å². The molecular weight excluding hydrogens is 683 g/mol. The van der Waals surface area contributed by atoms with Crippen LogP contribution in [-0.4, -0.2) is 67.4 Å². The van der Waals surface area contributed by atoms with Crippen LogP contribution in [0.4, 0.5) is 22.6 Å². The first-order valence-corrected chi connectivity index (χ1v) is 20.0. The summed E-state index contributed by atoms with van der Waals surface area (Å²) in [6, 6.07) is 12.3. The van der Waals surface area contributed by atoms with Crippen LogP contribution >= 0.6 is 11.3 Å². The van der Waals surface area contributed by atoms with Gasteiger partial charge in [-0.15, -0.1) is 10.2 Å². The van der Waals surface area contributed by atoms with E-state index in [9.17, 15) is 5.11 Å². The molecule has 1 aromatic carbocycles. The van der Waals surface area contributed by atoms with Crippen molar-refractivity contribution in [1.82, 2.24) is 35.3 Å². The second kappa shape index (κ2) is 12.8. The molecule has 11 nitrogen and oxygen atoms in total. The van der Waals surface area contributed by atoms with Gasteiger partial charge in [0.15, 0.2) is 16.8 Å². The first-order chi connectivity index (χ1) is 25.5. The van der Waals surface area contributed by atoms with Crippen LogP contribution in [0.3, 0.4) is 0 Å². The molecule has 4 fully saturated rings. The average molecular weight is 734 g/mol. The number of hydrogen-bond donors (Lipinski definition) is 3. The number of likely N-dealkylation sites (N-methyl/N-ethyl adjacent to an activating group) is 1. The fourth-order valence-electron chi connectivity index (χ4n) is 11.7. The van der Waals surface area contributed by atoms with Gasteiger partial charge in [-0.3, -0.25) is 4.68 Å². The van der Waals surface area contributed by atoms with E-state index in [0.29, 0.717) is 16.5 Å². The summed E-state index contributed by atoms with van der Waals surface area (Å²) in [5, 5.41) is 32.5. The standard InChI is InChI=1S/C41H51N9O2S/c1-26-28-9-8-15-49(36(28)48-47-35(26)46-37-45-31-10-6-7-11-33(31)53-37)34-13-12-29(32(18-51)44-34)30-17-43-50(27(30)2)25-40-20-38(3)19-39(4,21-40)23-41(22-38,24-40)52-16-14-42-5/h6-7,10-13,17,42,51H,8-9,14-16,18-25H2,1-5H3,(H,45,46,47)/t38-,39+,40?,41?. The number of pyridine rings is 1. The Morgan fingerprint density at radius 3 is 2.53 bits per heavy atom. The molecule has 12 heteroatoms. The van der Waals surface area contributed by atoms with E-state index in [-0.39, 0.29) is 17.6 Å². The number of ether oxygens (including phenoxy) is 1. The first-order valence-electron chi connectivity index (χ1n) is 19.2. The molecule has 5 aromatic rings. The second-order valence-corrected chi connectivity index (χ2v) is 18.3. The Bertz CT molecular complexity index is 2140. The summed E-state index contributed by atoms with van der Waals surface area (Å²) in [6.45, 7) is 12.4. The van der Waals surface area contributed by atoms with Crippen molar-refractivity contribution in [2.24, 2.45) is 16.2 Å². The molecule has 4 atom stereocenters. The smallest absolute Gasteiger partial charge is 0.189 e. The molecule has 5 aliphatic rings. The van der Waals surface area contributed by atoms with Crippen LogP contribution in [0.2, 0.25) is 0 Å². The lowest BCUT2D eigenvalue weighted by Crippen LogP contribution is -2.64. The summed E-state index contributed by atoms with van der Waals surface area (Å²) in [4.78, 5) is 11.9. The number of benzene rings is 1. The summed E-state index contributed by atoms with van der Waals surface area (Å²) in [7, 11) is 2.00. The zero-order valence-corrected chi connectivity index (χ0v) is 32.4. The van der Waals surface area contributed by atoms with Crippen molar-refractivity contribution < 1.29 is 9.84 Å². The number of aliphatic hydroxyl groups is 1. The van der Waals surface area contributed by atoms with Crippen molar-refractivity contribution in [2.45, 2.75) is 97.8 Å². The summed E-state index contributed by atoms with van der Waals surface area (Å²) in [5.74, 6) is 2.31. The molecule has 0 spiro atoms. The minimum atomic E-state index is -0.169. The van der Waals surface area contributed by atoms with Crippen LogP contribution in [0.5, 0.6) is 0 Å². The van der Waals surface area contributed by atoms with Crippen LogP contribution in [0.25, 0.3) is 21.3 Å². The Kier molecular flexibility index (Phi) is 8.41. The average Bonchev–Trinajstić information content (AvgIpc) is 3.69. The lowest BCUT2D eigenvalue weighted by Gasteiger charge is -2.69. The third kappa shape index (κ3) is 6.11. The van der Waals surface area contributed by atoms with Crippen LogP contribution in [-0.2, 0) is 24.3 Å². The molecule has 0 amide bonds. The Hall–Kier alpha value is -3.97. The molecule has 0 radical (unpaired) electrons. The fourth-order valence-corrected chi connectivity index (χ4v) is 12.5. The Morgan fingerprint density at radius 1 is 0.943 bits per heavy atom. The zero-order valence-electron chi connectivity index (χ0n) is 31.6. The van der Waals surface area contributed by atoms with Crippen molar-refractivity contribution in [2.75, 3.05) is 37.0 Å². The fraction of sp³-hybridized carbons (Fsp3) is 0.537. The molecule has 4 aliphatic carbocycles. The molecule has 53 heavy (non-hydrogen) atoms. The Labute approximate surface area is 315 Å². The molecule has 4 bridgehead atoms. The van der Waals surface area contributed by atoms with Crippen molar-refractivity contribution in [1.29, 1.82) is 0 Å². The number of thiazole rings is 1. The highest BCUT2D eigenvalue weighted by Gasteiger charge is 2.66. The molecule has 10 rings (SSSR count). The topological polar surface area (TPSA) is 126 Å². The lowest BCUT2D eigenvalue weighted by molar-refractivity contribution is -0.247. The van der Waals surface area contributed by atoms with Crippen LogP contribution in [0, 0.1) is 30.1 Å². The van der Waals surface area contributed by atoms with Crippen LogP contribution < -0.4 is 15.5 Å². The summed E-state index contributed by atoms with van der Waals surface area (Å²) in [6.07, 6.45) is 11.0. The maximum atomic E-state index is 10.7. The maximum absolute atomic E-state index is 10.7. The Balaban J connectivity index is 0.973. The number of hydrogen-bond acceptors (Lipinski definition) is 11. The van der Waals surface area contributed by atoms with E-state index in [1.165, 1.54) is 19.3 Å². The molecule has 5 heterocycles. The van der Waals surface area contributed by atoms with Gasteiger partial charge in [0, 0.05) is 47.6 Å². The van der Waals surface area contributed by atoms with Crippen molar-refractivity contribution >= 4 is 44.1 Å². The van der Waals surface area contributed by atoms with E-state index in [1.807, 2.05) is 31.4 Å². The minimum absolute atomic E-state index is 0.0483. The molecule has 0 saturated heterocycles. The third-order valence-electron chi connectivity index (χ3n) is 12.6. The van der Waals surface area contributed by atoms with Gasteiger partial charge in [-0.05, 0) is 113 Å². The highest BCUT2D eigenvalue weighted by Crippen LogP contribution is 2.72. The molecule has 4 saturated carbocycles. The third-order valence-corrected chi connectivity index (χ3v) is 13.5. The molecular formula is C41H51N9O2S. The van der Waals surface area contributed by atoms with Gasteiger partial charge in [-0.1, -0.05) is 37.3 Å². The van der Waals surface area contributed by atoms with Gasteiger partial charge < -0.3 is 25.4 Å². The van der Waals surface area contributed by atoms with E-state index in [1.54, 1.807) is 11.3 Å². The zero-order chi connectivity index (χ0) is 36.6. The van der Waals surface area contributed by atoms with Gasteiger partial charge in [-0.25, -0.2) is 9.97 Å². The number of aromatic nitrogens is 6. The number of nitrogens with zero attached hydrogens (tertiary/aromatic N) is 7. The summed E-state index contributed by atoms with van der Waals surface area (Å²) in [5.41, 5.74) is 7.59. The van der Waals surface area contributed by atoms with E-state index < -0.39 is 0 Å². The highest BCUT2D eigenvalue weighted by atomic mass is 32.1. The molecule has 278 valence electrons. The second-order valence-electron chi connectivity index (χ2n) is 17.3. The van der Waals surface area contributed by atoms with Crippen LogP contribution in [0.15, 0.2) is 42.6 Å². The Morgan fingerprint density at radius 2 is 1.75 bits per heavy atom. The van der Waals surface area contributed by atoms with E-state index in [4.69, 9.17) is 24.9 Å². The number of para-hydroxylation sites is 1. The first kappa shape index (κ1) is 34.8. The van der Waals surface area contributed by atoms with Gasteiger partial charge in [0.05, 0.1) is 40.9 Å². The highest BCUT2D eigenvalue weighted by molar-refractivity contribution is 7.22. The summed E-state index contributed by atoms with van der Waals surface area (Å²) >= 11 is 1.61. The van der Waals surface area contributed by atoms with E-state index in [0.717, 1.165) is 119 Å². The molecule has 4 aromatic heterocycles. The summed E-state index contributed by atoms with van der Waals surface area (Å²) < 4.78 is 10.2. The van der Waals surface area contributed by atoms with E-state index >= 15 is 0 Å². The van der Waals surface area contributed by atoms with Crippen molar-refractivity contribution in [3.05, 3.63) is 65.1 Å². The van der Waals surface area contributed by atoms with Crippen LogP contribution in [0.1, 0.15) is 81.3 Å². The lowest BCUT2D eigenvalue weighted by atomic mass is 9.39. The van der Waals surface area contributed by atoms with Gasteiger partial charge in [-0.2, -0.15) is 5.10 Å². The van der Waals surface area contributed by atoms with Gasteiger partial charge >= 0.3 is 0 Å². The maximum Gasteiger partial charge on any atom is 0.189 e. The minimum Gasteiger partial charge on any atom is -0.390 e. The molecule has 3 N–H and O–H groups in total. The number of nitrogens with one attached hydrogen (secondary N) is 2. The van der Waals surface area contributed by atoms with Gasteiger partial charge in [0.25, 0.3) is 0 Å². The molecule has 1 aliphatic heterocycles. The van der Waals surface area contributed by atoms with E-state index in [2.05, 4.69) is 71.2 Å². The van der Waals surface area contributed by atoms with Gasteiger partial charge in [0.2, 0.25) is 0 Å². The van der Waals surface area contributed by atoms with Crippen molar-refractivity contribution in [3.8, 4) is 11.1 Å². The largest absolute Gasteiger partial charge is 0.390 e.